The molecule has 1 aromatic carbocycles. The summed E-state index contributed by atoms with van der Waals surface area (Å²) in [5, 5.41) is 13.4. The first-order valence-electron chi connectivity index (χ1n) is 6.96. The molecule has 7 heteroatoms. The number of nitrogens with one attached hydrogen (secondary N) is 1. The van der Waals surface area contributed by atoms with E-state index in [-0.39, 0.29) is 17.5 Å². The predicted octanol–water partition coefficient (Wildman–Crippen LogP) is 2.44. The van der Waals surface area contributed by atoms with E-state index in [9.17, 15) is 19.3 Å². The van der Waals surface area contributed by atoms with Crippen molar-refractivity contribution >= 4 is 17.3 Å². The number of carbonyl (C=O) groups is 1. The van der Waals surface area contributed by atoms with Crippen molar-refractivity contribution < 1.29 is 14.1 Å². The number of benzene rings is 1. The summed E-state index contributed by atoms with van der Waals surface area (Å²) in [5.74, 6) is -0.671. The van der Waals surface area contributed by atoms with Crippen molar-refractivity contribution in [1.82, 2.24) is 0 Å². The van der Waals surface area contributed by atoms with Gasteiger partial charge in [0.1, 0.15) is 11.5 Å². The molecule has 0 aliphatic heterocycles. The van der Waals surface area contributed by atoms with Crippen molar-refractivity contribution in [1.29, 1.82) is 0 Å². The summed E-state index contributed by atoms with van der Waals surface area (Å²) < 4.78 is 13.1. The zero-order valence-electron chi connectivity index (χ0n) is 11.5. The summed E-state index contributed by atoms with van der Waals surface area (Å²) in [4.78, 5) is 22.3. The van der Waals surface area contributed by atoms with Gasteiger partial charge >= 0.3 is 0 Å². The second-order valence-corrected chi connectivity index (χ2v) is 5.36. The van der Waals surface area contributed by atoms with E-state index in [1.165, 1.54) is 6.07 Å². The number of hydrogen-bond donors (Lipinski definition) is 2. The molecule has 0 unspecified atom stereocenters. The number of halogens is 1. The Kier molecular flexibility index (Phi) is 4.85. The van der Waals surface area contributed by atoms with E-state index in [1.54, 1.807) is 0 Å². The first-order chi connectivity index (χ1) is 10.0. The lowest BCUT2D eigenvalue weighted by Crippen LogP contribution is -2.29. The molecule has 1 aliphatic rings. The molecule has 1 fully saturated rings. The highest BCUT2D eigenvalue weighted by molar-refractivity contribution is 5.94. The Bertz CT molecular complexity index is 542. The van der Waals surface area contributed by atoms with Gasteiger partial charge in [-0.05, 0) is 50.3 Å². The van der Waals surface area contributed by atoms with Crippen LogP contribution in [0.2, 0.25) is 0 Å². The van der Waals surface area contributed by atoms with Gasteiger partial charge in [0.25, 0.3) is 5.69 Å². The van der Waals surface area contributed by atoms with Crippen LogP contribution in [0.15, 0.2) is 18.2 Å². The molecule has 0 atom stereocenters. The summed E-state index contributed by atoms with van der Waals surface area (Å²) in [7, 11) is 0. The van der Waals surface area contributed by atoms with Crippen molar-refractivity contribution in [3.63, 3.8) is 0 Å². The van der Waals surface area contributed by atoms with Gasteiger partial charge in [-0.25, -0.2) is 4.39 Å². The molecular weight excluding hydrogens is 277 g/mol. The molecule has 6 nitrogen and oxygen atoms in total. The van der Waals surface area contributed by atoms with Gasteiger partial charge < -0.3 is 11.1 Å². The summed E-state index contributed by atoms with van der Waals surface area (Å²) >= 11 is 0. The lowest BCUT2D eigenvalue weighted by molar-refractivity contribution is -0.384. The first-order valence-corrected chi connectivity index (χ1v) is 6.96. The Morgan fingerprint density at radius 1 is 1.38 bits per heavy atom. The Balaban J connectivity index is 2.05. The average Bonchev–Trinajstić information content (AvgIpc) is 2.49. The molecular formula is C14H18FN3O3. The lowest BCUT2D eigenvalue weighted by atomic mass is 9.81. The molecule has 0 heterocycles. The Morgan fingerprint density at radius 3 is 2.62 bits per heavy atom. The van der Waals surface area contributed by atoms with Crippen molar-refractivity contribution in [2.45, 2.75) is 25.7 Å². The number of nitrogens with zero attached hydrogens (tertiary/aromatic N) is 1. The normalized spacial score (nSPS) is 21.8. The van der Waals surface area contributed by atoms with Gasteiger partial charge in [-0.15, -0.1) is 0 Å². The monoisotopic (exact) mass is 295 g/mol. The number of rotatable bonds is 4. The van der Waals surface area contributed by atoms with E-state index in [4.69, 9.17) is 5.73 Å². The number of nitro benzene ring substituents is 1. The van der Waals surface area contributed by atoms with Gasteiger partial charge in [0.2, 0.25) is 5.91 Å². The van der Waals surface area contributed by atoms with Crippen molar-refractivity contribution in [2.24, 2.45) is 17.6 Å². The fourth-order valence-electron chi connectivity index (χ4n) is 2.66. The Hall–Kier alpha value is -2.02. The molecule has 0 spiro atoms. The van der Waals surface area contributed by atoms with Crippen LogP contribution in [0, 0.1) is 27.8 Å². The third-order valence-electron chi connectivity index (χ3n) is 3.97. The molecule has 0 aromatic heterocycles. The minimum atomic E-state index is -0.705. The fourth-order valence-corrected chi connectivity index (χ4v) is 2.66. The molecule has 0 bridgehead atoms. The molecule has 1 saturated carbocycles. The van der Waals surface area contributed by atoms with E-state index in [1.807, 2.05) is 0 Å². The summed E-state index contributed by atoms with van der Waals surface area (Å²) in [6.07, 6.45) is 3.23. The molecule has 1 aromatic rings. The predicted molar refractivity (Wildman–Crippen MR) is 76.2 cm³/mol. The quantitative estimate of drug-likeness (QED) is 0.658. The maximum Gasteiger partial charge on any atom is 0.295 e. The number of amides is 1. The van der Waals surface area contributed by atoms with Crippen LogP contribution in [-0.4, -0.2) is 17.4 Å². The van der Waals surface area contributed by atoms with Gasteiger partial charge in [0, 0.05) is 5.92 Å². The van der Waals surface area contributed by atoms with Crippen molar-refractivity contribution in [3.8, 4) is 0 Å². The van der Waals surface area contributed by atoms with Crippen LogP contribution >= 0.6 is 0 Å². The maximum atomic E-state index is 13.1. The molecule has 1 aliphatic carbocycles. The zero-order valence-corrected chi connectivity index (χ0v) is 11.5. The van der Waals surface area contributed by atoms with E-state index in [2.05, 4.69) is 5.32 Å². The highest BCUT2D eigenvalue weighted by Crippen LogP contribution is 2.31. The van der Waals surface area contributed by atoms with E-state index < -0.39 is 16.4 Å². The number of nitrogens with two attached hydrogens (primary N) is 1. The summed E-state index contributed by atoms with van der Waals surface area (Å²) in [6, 6.07) is 3.12. The largest absolute Gasteiger partial charge is 0.330 e. The second kappa shape index (κ2) is 6.62. The number of carbonyl (C=O) groups excluding carboxylic acids is 1. The van der Waals surface area contributed by atoms with Gasteiger partial charge in [0.05, 0.1) is 11.0 Å². The Labute approximate surface area is 121 Å². The minimum absolute atomic E-state index is 0.0346. The highest BCUT2D eigenvalue weighted by atomic mass is 19.1. The molecule has 21 heavy (non-hydrogen) atoms. The van der Waals surface area contributed by atoms with Crippen LogP contribution in [0.3, 0.4) is 0 Å². The van der Waals surface area contributed by atoms with Gasteiger partial charge in [-0.2, -0.15) is 0 Å². The molecule has 1 amide bonds. The van der Waals surface area contributed by atoms with Gasteiger partial charge in [-0.3, -0.25) is 14.9 Å². The fraction of sp³-hybridized carbons (Fsp3) is 0.500. The summed E-state index contributed by atoms with van der Waals surface area (Å²) in [5.41, 5.74) is 5.21. The smallest absolute Gasteiger partial charge is 0.295 e. The number of nitro groups is 1. The second-order valence-electron chi connectivity index (χ2n) is 5.36. The van der Waals surface area contributed by atoms with Crippen LogP contribution in [0.4, 0.5) is 15.8 Å². The number of anilines is 1. The van der Waals surface area contributed by atoms with Crippen LogP contribution < -0.4 is 11.1 Å². The maximum absolute atomic E-state index is 13.1. The van der Waals surface area contributed by atoms with E-state index in [0.29, 0.717) is 12.5 Å². The van der Waals surface area contributed by atoms with E-state index in [0.717, 1.165) is 37.8 Å². The van der Waals surface area contributed by atoms with Crippen molar-refractivity contribution in [2.75, 3.05) is 11.9 Å². The molecule has 3 N–H and O–H groups in total. The molecule has 0 radical (unpaired) electrons. The first kappa shape index (κ1) is 15.4. The average molecular weight is 295 g/mol. The SMILES string of the molecule is NCC1CCC(C(=O)Nc2ccc(F)cc2[N+](=O)[O-])CC1. The third kappa shape index (κ3) is 3.75. The third-order valence-corrected chi connectivity index (χ3v) is 3.97. The van der Waals surface area contributed by atoms with E-state index >= 15 is 0 Å². The summed E-state index contributed by atoms with van der Waals surface area (Å²) in [6.45, 7) is 0.623. The standard InChI is InChI=1S/C14H18FN3O3/c15-11-5-6-12(13(7-11)18(20)21)17-14(19)10-3-1-9(8-16)2-4-10/h5-7,9-10H,1-4,8,16H2,(H,17,19). The van der Waals surface area contributed by atoms with Crippen LogP contribution in [0.1, 0.15) is 25.7 Å². The zero-order chi connectivity index (χ0) is 15.4. The highest BCUT2D eigenvalue weighted by Gasteiger charge is 2.27. The van der Waals surface area contributed by atoms with Crippen LogP contribution in [0.25, 0.3) is 0 Å². The van der Waals surface area contributed by atoms with Gasteiger partial charge in [0.15, 0.2) is 0 Å². The molecule has 2 rings (SSSR count). The van der Waals surface area contributed by atoms with Crippen LogP contribution in [-0.2, 0) is 4.79 Å². The van der Waals surface area contributed by atoms with Crippen LogP contribution in [0.5, 0.6) is 0 Å². The van der Waals surface area contributed by atoms with Gasteiger partial charge in [-0.1, -0.05) is 0 Å². The Morgan fingerprint density at radius 2 is 2.05 bits per heavy atom. The molecule has 0 saturated heterocycles. The lowest BCUT2D eigenvalue weighted by Gasteiger charge is -2.26. The van der Waals surface area contributed by atoms with Crippen molar-refractivity contribution in [3.05, 3.63) is 34.1 Å². The number of hydrogen-bond acceptors (Lipinski definition) is 4. The minimum Gasteiger partial charge on any atom is -0.330 e. The topological polar surface area (TPSA) is 98.3 Å². The molecule has 114 valence electrons.